The smallest absolute Gasteiger partial charge is 0.137 e. The van der Waals surface area contributed by atoms with E-state index in [0.717, 1.165) is 39.0 Å². The second kappa shape index (κ2) is 9.11. The highest BCUT2D eigenvalue weighted by Crippen LogP contribution is 2.54. The molecule has 0 N–H and O–H groups in total. The van der Waals surface area contributed by atoms with Gasteiger partial charge in [-0.3, -0.25) is 0 Å². The molecular weight excluding hydrogens is 498 g/mol. The molecule has 2 nitrogen and oxygen atoms in total. The number of para-hydroxylation sites is 1. The molecule has 0 saturated heterocycles. The number of benzene rings is 5. The van der Waals surface area contributed by atoms with E-state index in [9.17, 15) is 0 Å². The van der Waals surface area contributed by atoms with Crippen LogP contribution in [0, 0.1) is 5.92 Å². The predicted molar refractivity (Wildman–Crippen MR) is 171 cm³/mol. The standard InChI is InChI=1S/C39H31NO/c1-39(2)35-14-8-6-12-31(35)32-22-20-29(24-36(32)39)40(28-18-16-27(17-19-28)26-10-4-3-5-11-26)30-21-23-34-33-13-7-9-15-37(33)41-38(34)25-30/h3-25,31,35H,1-2H3. The fourth-order valence-electron chi connectivity index (χ4n) is 7.04. The lowest BCUT2D eigenvalue weighted by Crippen LogP contribution is -2.24. The van der Waals surface area contributed by atoms with E-state index in [0.29, 0.717) is 11.8 Å². The summed E-state index contributed by atoms with van der Waals surface area (Å²) in [6.07, 6.45) is 9.16. The Kier molecular flexibility index (Phi) is 5.33. The fourth-order valence-corrected chi connectivity index (χ4v) is 7.04. The number of nitrogens with zero attached hydrogens (tertiary/aromatic N) is 1. The van der Waals surface area contributed by atoms with Crippen LogP contribution >= 0.6 is 0 Å². The first-order valence-electron chi connectivity index (χ1n) is 14.4. The molecule has 0 radical (unpaired) electrons. The summed E-state index contributed by atoms with van der Waals surface area (Å²) in [7, 11) is 0. The number of furan rings is 1. The zero-order valence-electron chi connectivity index (χ0n) is 23.3. The van der Waals surface area contributed by atoms with E-state index >= 15 is 0 Å². The molecule has 0 amide bonds. The summed E-state index contributed by atoms with van der Waals surface area (Å²) in [5, 5.41) is 2.29. The predicted octanol–water partition coefficient (Wildman–Crippen LogP) is 10.8. The maximum absolute atomic E-state index is 6.32. The fraction of sp³-hybridized carbons (Fsp3) is 0.128. The third kappa shape index (κ3) is 3.78. The monoisotopic (exact) mass is 529 g/mol. The van der Waals surface area contributed by atoms with Crippen LogP contribution in [0.25, 0.3) is 33.1 Å². The first-order valence-corrected chi connectivity index (χ1v) is 14.4. The zero-order chi connectivity index (χ0) is 27.6. The van der Waals surface area contributed by atoms with Crippen LogP contribution in [0.15, 0.2) is 144 Å². The summed E-state index contributed by atoms with van der Waals surface area (Å²) in [6, 6.07) is 41.4. The van der Waals surface area contributed by atoms with E-state index in [1.165, 1.54) is 22.3 Å². The first-order chi connectivity index (χ1) is 20.1. The van der Waals surface area contributed by atoms with Crippen LogP contribution < -0.4 is 4.90 Å². The van der Waals surface area contributed by atoms with E-state index < -0.39 is 0 Å². The topological polar surface area (TPSA) is 16.4 Å². The molecule has 198 valence electrons. The molecule has 2 aliphatic rings. The van der Waals surface area contributed by atoms with Crippen molar-refractivity contribution in [1.82, 2.24) is 0 Å². The average Bonchev–Trinajstić information content (AvgIpc) is 3.50. The van der Waals surface area contributed by atoms with Gasteiger partial charge in [-0.25, -0.2) is 0 Å². The summed E-state index contributed by atoms with van der Waals surface area (Å²) >= 11 is 0. The maximum Gasteiger partial charge on any atom is 0.137 e. The Bertz CT molecular complexity index is 1970. The highest BCUT2D eigenvalue weighted by atomic mass is 16.3. The molecule has 2 heteroatoms. The molecule has 0 spiro atoms. The molecule has 1 aromatic heterocycles. The van der Waals surface area contributed by atoms with Crippen molar-refractivity contribution in [3.8, 4) is 11.1 Å². The molecule has 41 heavy (non-hydrogen) atoms. The minimum atomic E-state index is 0.0444. The van der Waals surface area contributed by atoms with E-state index in [1.54, 1.807) is 0 Å². The summed E-state index contributed by atoms with van der Waals surface area (Å²) < 4.78 is 6.32. The van der Waals surface area contributed by atoms with Crippen LogP contribution in [0.3, 0.4) is 0 Å². The van der Waals surface area contributed by atoms with Gasteiger partial charge in [-0.05, 0) is 76.1 Å². The van der Waals surface area contributed by atoms with Crippen molar-refractivity contribution >= 4 is 39.0 Å². The summed E-state index contributed by atoms with van der Waals surface area (Å²) in [5.41, 5.74) is 10.5. The lowest BCUT2D eigenvalue weighted by atomic mass is 9.74. The summed E-state index contributed by atoms with van der Waals surface area (Å²) in [5.74, 6) is 0.910. The van der Waals surface area contributed by atoms with Crippen molar-refractivity contribution in [2.24, 2.45) is 5.92 Å². The third-order valence-electron chi connectivity index (χ3n) is 9.17. The van der Waals surface area contributed by atoms with Crippen molar-refractivity contribution in [3.63, 3.8) is 0 Å². The normalized spacial score (nSPS) is 18.5. The molecule has 1 heterocycles. The molecule has 8 rings (SSSR count). The van der Waals surface area contributed by atoms with Gasteiger partial charge in [-0.1, -0.05) is 105 Å². The SMILES string of the molecule is CC1(C)c2cc(N(c3ccc(-c4ccccc4)cc3)c3ccc4c(c3)oc3ccccc34)ccc2C2C=CC=CC21. The minimum absolute atomic E-state index is 0.0444. The van der Waals surface area contributed by atoms with Gasteiger partial charge in [0.1, 0.15) is 11.2 Å². The van der Waals surface area contributed by atoms with Gasteiger partial charge in [0.25, 0.3) is 0 Å². The number of hydrogen-bond acceptors (Lipinski definition) is 2. The molecular formula is C39H31NO. The zero-order valence-corrected chi connectivity index (χ0v) is 23.3. The Labute approximate surface area is 240 Å². The van der Waals surface area contributed by atoms with Gasteiger partial charge in [0, 0.05) is 39.8 Å². The van der Waals surface area contributed by atoms with Gasteiger partial charge in [-0.2, -0.15) is 0 Å². The molecule has 0 bridgehead atoms. The van der Waals surface area contributed by atoms with Crippen molar-refractivity contribution in [2.75, 3.05) is 4.90 Å². The first kappa shape index (κ1) is 24.0. The van der Waals surface area contributed by atoms with Gasteiger partial charge in [0.2, 0.25) is 0 Å². The van der Waals surface area contributed by atoms with Crippen LogP contribution in [0.1, 0.15) is 30.9 Å². The molecule has 2 unspecified atom stereocenters. The van der Waals surface area contributed by atoms with Gasteiger partial charge in [0.05, 0.1) is 0 Å². The quantitative estimate of drug-likeness (QED) is 0.226. The highest BCUT2D eigenvalue weighted by Gasteiger charge is 2.44. The lowest BCUT2D eigenvalue weighted by molar-refractivity contribution is 0.394. The van der Waals surface area contributed by atoms with Crippen molar-refractivity contribution < 1.29 is 4.42 Å². The number of rotatable bonds is 4. The molecule has 2 atom stereocenters. The van der Waals surface area contributed by atoms with E-state index in [2.05, 4.69) is 146 Å². The van der Waals surface area contributed by atoms with Gasteiger partial charge in [0.15, 0.2) is 0 Å². The van der Waals surface area contributed by atoms with Crippen LogP contribution in [0.5, 0.6) is 0 Å². The number of allylic oxidation sites excluding steroid dienone is 4. The number of hydrogen-bond donors (Lipinski definition) is 0. The van der Waals surface area contributed by atoms with E-state index in [1.807, 2.05) is 12.1 Å². The number of fused-ring (bicyclic) bond motifs is 6. The minimum Gasteiger partial charge on any atom is -0.456 e. The van der Waals surface area contributed by atoms with Gasteiger partial charge < -0.3 is 9.32 Å². The van der Waals surface area contributed by atoms with Crippen molar-refractivity contribution in [3.05, 3.63) is 151 Å². The molecule has 6 aromatic rings. The highest BCUT2D eigenvalue weighted by molar-refractivity contribution is 6.06. The Morgan fingerprint density at radius 3 is 2.10 bits per heavy atom. The Morgan fingerprint density at radius 1 is 0.585 bits per heavy atom. The summed E-state index contributed by atoms with van der Waals surface area (Å²) in [6.45, 7) is 4.78. The van der Waals surface area contributed by atoms with Gasteiger partial charge >= 0.3 is 0 Å². The van der Waals surface area contributed by atoms with Gasteiger partial charge in [-0.15, -0.1) is 0 Å². The average molecular weight is 530 g/mol. The van der Waals surface area contributed by atoms with E-state index in [4.69, 9.17) is 4.42 Å². The van der Waals surface area contributed by atoms with Crippen LogP contribution in [-0.4, -0.2) is 0 Å². The molecule has 5 aromatic carbocycles. The Hall–Kier alpha value is -4.82. The Balaban J connectivity index is 1.29. The van der Waals surface area contributed by atoms with Crippen molar-refractivity contribution in [1.29, 1.82) is 0 Å². The van der Waals surface area contributed by atoms with Crippen LogP contribution in [-0.2, 0) is 5.41 Å². The molecule has 0 aliphatic heterocycles. The second-order valence-electron chi connectivity index (χ2n) is 11.8. The van der Waals surface area contributed by atoms with E-state index in [-0.39, 0.29) is 5.41 Å². The molecule has 0 fully saturated rings. The van der Waals surface area contributed by atoms with Crippen LogP contribution in [0.4, 0.5) is 17.1 Å². The third-order valence-corrected chi connectivity index (χ3v) is 9.17. The van der Waals surface area contributed by atoms with Crippen LogP contribution in [0.2, 0.25) is 0 Å². The van der Waals surface area contributed by atoms with Crippen molar-refractivity contribution in [2.45, 2.75) is 25.2 Å². The maximum atomic E-state index is 6.32. The largest absolute Gasteiger partial charge is 0.456 e. The lowest BCUT2D eigenvalue weighted by Gasteiger charge is -2.30. The number of anilines is 3. The molecule has 0 saturated carbocycles. The summed E-state index contributed by atoms with van der Waals surface area (Å²) in [4.78, 5) is 2.37. The second-order valence-corrected chi connectivity index (χ2v) is 11.8. The Morgan fingerprint density at radius 2 is 1.24 bits per heavy atom. The molecule has 2 aliphatic carbocycles.